The number of ether oxygens (including phenoxy) is 1. The average molecular weight is 354 g/mol. The second kappa shape index (κ2) is 8.34. The fraction of sp³-hybridized carbons (Fsp3) is 0.350. The molecule has 0 spiro atoms. The fourth-order valence-corrected chi connectivity index (χ4v) is 2.86. The second-order valence-corrected chi connectivity index (χ2v) is 6.04. The first kappa shape index (κ1) is 19.3. The summed E-state index contributed by atoms with van der Waals surface area (Å²) in [5.41, 5.74) is -0.211. The predicted octanol–water partition coefficient (Wildman–Crippen LogP) is 3.16. The minimum Gasteiger partial charge on any atom is -0.497 e. The molecule has 0 saturated heterocycles. The van der Waals surface area contributed by atoms with Gasteiger partial charge in [0, 0.05) is 12.1 Å². The molecule has 0 radical (unpaired) electrons. The van der Waals surface area contributed by atoms with Crippen LogP contribution >= 0.6 is 0 Å². The van der Waals surface area contributed by atoms with Gasteiger partial charge in [-0.3, -0.25) is 14.2 Å². The van der Waals surface area contributed by atoms with Gasteiger partial charge in [0.25, 0.3) is 5.56 Å². The van der Waals surface area contributed by atoms with Crippen LogP contribution in [0.4, 0.5) is 0 Å². The molecule has 1 aromatic heterocycles. The predicted molar refractivity (Wildman–Crippen MR) is 97.8 cm³/mol. The van der Waals surface area contributed by atoms with Crippen LogP contribution in [-0.4, -0.2) is 22.6 Å². The van der Waals surface area contributed by atoms with Crippen LogP contribution in [0.5, 0.6) is 11.6 Å². The quantitative estimate of drug-likeness (QED) is 0.609. The Morgan fingerprint density at radius 1 is 1.35 bits per heavy atom. The maximum absolute atomic E-state index is 13.0. The van der Waals surface area contributed by atoms with Crippen LogP contribution in [0.2, 0.25) is 0 Å². The van der Waals surface area contributed by atoms with E-state index in [0.717, 1.165) is 17.4 Å². The summed E-state index contributed by atoms with van der Waals surface area (Å²) in [7, 11) is 1.49. The lowest BCUT2D eigenvalue weighted by Gasteiger charge is -2.15. The van der Waals surface area contributed by atoms with Crippen LogP contribution in [-0.2, 0) is 6.54 Å². The number of unbranched alkanes of at least 4 members (excludes halogenated alkanes) is 2. The third-order valence-electron chi connectivity index (χ3n) is 4.34. The maximum atomic E-state index is 13.0. The molecule has 2 rings (SSSR count). The standard InChI is InChI=1S/C20H22N2O4/c1-4-5-6-10-22-19(24)16(12-21)13(2)17(20(22)25)18(23)14-8-7-9-15(11-14)26-3/h7-9,11,25H,4-6,10H2,1-3H3. The molecular weight excluding hydrogens is 332 g/mol. The molecule has 2 aromatic rings. The molecule has 1 N–H and O–H groups in total. The van der Waals surface area contributed by atoms with Crippen molar-refractivity contribution in [3.05, 3.63) is 56.9 Å². The molecular formula is C20H22N2O4. The van der Waals surface area contributed by atoms with Crippen molar-refractivity contribution in [2.24, 2.45) is 0 Å². The van der Waals surface area contributed by atoms with Gasteiger partial charge in [0.2, 0.25) is 5.88 Å². The Bertz CT molecular complexity index is 923. The Morgan fingerprint density at radius 3 is 2.69 bits per heavy atom. The molecule has 0 saturated carbocycles. The van der Waals surface area contributed by atoms with Gasteiger partial charge < -0.3 is 9.84 Å². The normalized spacial score (nSPS) is 10.4. The van der Waals surface area contributed by atoms with Crippen LogP contribution < -0.4 is 10.3 Å². The molecule has 0 atom stereocenters. The van der Waals surface area contributed by atoms with Gasteiger partial charge in [-0.1, -0.05) is 31.9 Å². The molecule has 26 heavy (non-hydrogen) atoms. The number of hydrogen-bond acceptors (Lipinski definition) is 5. The molecule has 0 aliphatic carbocycles. The highest BCUT2D eigenvalue weighted by Crippen LogP contribution is 2.26. The van der Waals surface area contributed by atoms with Gasteiger partial charge in [0.05, 0.1) is 12.7 Å². The summed E-state index contributed by atoms with van der Waals surface area (Å²) < 4.78 is 6.25. The zero-order valence-corrected chi connectivity index (χ0v) is 15.2. The summed E-state index contributed by atoms with van der Waals surface area (Å²) in [4.78, 5) is 25.5. The lowest BCUT2D eigenvalue weighted by Crippen LogP contribution is -2.27. The zero-order chi connectivity index (χ0) is 19.3. The van der Waals surface area contributed by atoms with E-state index in [1.165, 1.54) is 14.0 Å². The number of benzene rings is 1. The average Bonchev–Trinajstić information content (AvgIpc) is 2.64. The number of nitrogens with zero attached hydrogens (tertiary/aromatic N) is 2. The van der Waals surface area contributed by atoms with Gasteiger partial charge in [-0.2, -0.15) is 5.26 Å². The van der Waals surface area contributed by atoms with Crippen LogP contribution in [0.3, 0.4) is 0 Å². The Balaban J connectivity index is 2.63. The highest BCUT2D eigenvalue weighted by Gasteiger charge is 2.24. The van der Waals surface area contributed by atoms with E-state index in [4.69, 9.17) is 4.74 Å². The second-order valence-electron chi connectivity index (χ2n) is 6.04. The summed E-state index contributed by atoms with van der Waals surface area (Å²) in [6.07, 6.45) is 2.49. The van der Waals surface area contributed by atoms with Crippen LogP contribution in [0, 0.1) is 18.3 Å². The number of aromatic nitrogens is 1. The molecule has 6 nitrogen and oxygen atoms in total. The maximum Gasteiger partial charge on any atom is 0.271 e. The lowest BCUT2D eigenvalue weighted by atomic mass is 9.97. The number of carbonyl (C=O) groups excluding carboxylic acids is 1. The van der Waals surface area contributed by atoms with E-state index in [0.29, 0.717) is 17.7 Å². The molecule has 136 valence electrons. The van der Waals surface area contributed by atoms with E-state index in [9.17, 15) is 20.0 Å². The molecule has 0 aliphatic rings. The van der Waals surface area contributed by atoms with Crippen molar-refractivity contribution in [2.45, 2.75) is 39.7 Å². The van der Waals surface area contributed by atoms with Crippen molar-refractivity contribution < 1.29 is 14.6 Å². The minimum atomic E-state index is -0.569. The van der Waals surface area contributed by atoms with E-state index < -0.39 is 17.2 Å². The Hall–Kier alpha value is -3.07. The SMILES string of the molecule is CCCCCn1c(O)c(C(=O)c2cccc(OC)c2)c(C)c(C#N)c1=O. The summed E-state index contributed by atoms with van der Waals surface area (Å²) >= 11 is 0. The highest BCUT2D eigenvalue weighted by atomic mass is 16.5. The summed E-state index contributed by atoms with van der Waals surface area (Å²) in [5, 5.41) is 20.0. The van der Waals surface area contributed by atoms with Crippen molar-refractivity contribution in [3.63, 3.8) is 0 Å². The summed E-state index contributed by atoms with van der Waals surface area (Å²) in [6.45, 7) is 3.78. The van der Waals surface area contributed by atoms with Gasteiger partial charge in [0.15, 0.2) is 5.78 Å². The number of nitriles is 1. The summed E-state index contributed by atoms with van der Waals surface area (Å²) in [5.74, 6) is -0.347. The van der Waals surface area contributed by atoms with Gasteiger partial charge in [-0.25, -0.2) is 0 Å². The Labute approximate surface area is 152 Å². The number of methoxy groups -OCH3 is 1. The topological polar surface area (TPSA) is 92.3 Å². The molecule has 1 aromatic carbocycles. The number of carbonyl (C=O) groups is 1. The number of ketones is 1. The fourth-order valence-electron chi connectivity index (χ4n) is 2.86. The zero-order valence-electron chi connectivity index (χ0n) is 15.2. The number of rotatable bonds is 7. The Kier molecular flexibility index (Phi) is 6.18. The number of hydrogen-bond donors (Lipinski definition) is 1. The molecule has 0 fully saturated rings. The van der Waals surface area contributed by atoms with Gasteiger partial charge in [0.1, 0.15) is 17.4 Å². The van der Waals surface area contributed by atoms with Crippen molar-refractivity contribution in [1.82, 2.24) is 4.57 Å². The van der Waals surface area contributed by atoms with Gasteiger partial charge in [-0.15, -0.1) is 0 Å². The molecule has 0 unspecified atom stereocenters. The van der Waals surface area contributed by atoms with Crippen LogP contribution in [0.25, 0.3) is 0 Å². The smallest absolute Gasteiger partial charge is 0.271 e. The Morgan fingerprint density at radius 2 is 2.08 bits per heavy atom. The molecule has 6 heteroatoms. The first-order chi connectivity index (χ1) is 12.5. The van der Waals surface area contributed by atoms with Crippen LogP contribution in [0.1, 0.15) is 53.2 Å². The van der Waals surface area contributed by atoms with Crippen LogP contribution in [0.15, 0.2) is 29.1 Å². The van der Waals surface area contributed by atoms with E-state index in [1.807, 2.05) is 13.0 Å². The number of pyridine rings is 1. The third-order valence-corrected chi connectivity index (χ3v) is 4.34. The molecule has 0 aliphatic heterocycles. The molecule has 0 bridgehead atoms. The first-order valence-corrected chi connectivity index (χ1v) is 8.51. The largest absolute Gasteiger partial charge is 0.497 e. The monoisotopic (exact) mass is 354 g/mol. The van der Waals surface area contributed by atoms with E-state index in [1.54, 1.807) is 24.3 Å². The van der Waals surface area contributed by atoms with E-state index >= 15 is 0 Å². The highest BCUT2D eigenvalue weighted by molar-refractivity contribution is 6.11. The number of aromatic hydroxyl groups is 1. The minimum absolute atomic E-state index is 0.0223. The third kappa shape index (κ3) is 3.62. The van der Waals surface area contributed by atoms with Crippen molar-refractivity contribution in [1.29, 1.82) is 5.26 Å². The molecule has 1 heterocycles. The van der Waals surface area contributed by atoms with E-state index in [-0.39, 0.29) is 23.2 Å². The molecule has 0 amide bonds. The van der Waals surface area contributed by atoms with Crippen molar-refractivity contribution in [3.8, 4) is 17.7 Å². The van der Waals surface area contributed by atoms with Crippen molar-refractivity contribution in [2.75, 3.05) is 7.11 Å². The van der Waals surface area contributed by atoms with Gasteiger partial charge >= 0.3 is 0 Å². The van der Waals surface area contributed by atoms with E-state index in [2.05, 4.69) is 0 Å². The lowest BCUT2D eigenvalue weighted by molar-refractivity contribution is 0.103. The first-order valence-electron chi connectivity index (χ1n) is 8.51. The van der Waals surface area contributed by atoms with Gasteiger partial charge in [-0.05, 0) is 31.0 Å². The summed E-state index contributed by atoms with van der Waals surface area (Å²) in [6, 6.07) is 8.40. The van der Waals surface area contributed by atoms with Crippen molar-refractivity contribution >= 4 is 5.78 Å².